The first-order chi connectivity index (χ1) is 19.2. The molecule has 1 aliphatic heterocycles. The summed E-state index contributed by atoms with van der Waals surface area (Å²) >= 11 is 0. The van der Waals surface area contributed by atoms with Gasteiger partial charge in [0.2, 0.25) is 0 Å². The van der Waals surface area contributed by atoms with E-state index in [0.29, 0.717) is 34.0 Å². The number of fused-ring (bicyclic) bond motifs is 1. The van der Waals surface area contributed by atoms with Crippen molar-refractivity contribution in [3.8, 4) is 11.4 Å². The number of carbonyl (C=O) groups excluding carboxylic acids is 1. The quantitative estimate of drug-likeness (QED) is 0.350. The van der Waals surface area contributed by atoms with Crippen LogP contribution in [-0.4, -0.2) is 65.5 Å². The summed E-state index contributed by atoms with van der Waals surface area (Å²) in [6, 6.07) is 14.6. The molecule has 0 saturated carbocycles. The number of anilines is 1. The second kappa shape index (κ2) is 10.4. The number of rotatable bonds is 6. The molecule has 0 unspecified atom stereocenters. The molecule has 1 aromatic carbocycles. The number of halogens is 3. The van der Waals surface area contributed by atoms with Crippen molar-refractivity contribution in [2.45, 2.75) is 36.6 Å². The molecule has 1 saturated heterocycles. The van der Waals surface area contributed by atoms with E-state index in [2.05, 4.69) is 20.3 Å². The molecule has 1 aliphatic rings. The number of pyridine rings is 3. The summed E-state index contributed by atoms with van der Waals surface area (Å²) in [7, 11) is -3.49. The summed E-state index contributed by atoms with van der Waals surface area (Å²) in [5, 5.41) is 13.5. The molecule has 1 atom stereocenters. The lowest BCUT2D eigenvalue weighted by Gasteiger charge is -2.26. The van der Waals surface area contributed by atoms with Crippen LogP contribution >= 0.6 is 0 Å². The number of amides is 1. The number of carbonyl (C=O) groups is 1. The Hall–Kier alpha value is -4.10. The van der Waals surface area contributed by atoms with Crippen molar-refractivity contribution >= 4 is 32.5 Å². The van der Waals surface area contributed by atoms with Gasteiger partial charge in [0.05, 0.1) is 40.6 Å². The van der Waals surface area contributed by atoms with E-state index in [1.165, 1.54) is 11.0 Å². The molecule has 0 spiro atoms. The average molecular weight is 586 g/mol. The standard InChI is InChI=1S/C28H26F3N5O4S/c1-17-6-7-18(12-24(17)41(2,39)40)26(37)33-15-20-13-23-19(14-32-20)8-9-22(34-23)21-4-3-5-25(35-21)36-11-10-27(38,16-36)28(29,30)31/h3-9,12-14,38H,10-11,15-16H2,1-2H3,(H,33,37)/t27-/m1/s1. The predicted molar refractivity (Wildman–Crippen MR) is 146 cm³/mol. The van der Waals surface area contributed by atoms with Gasteiger partial charge in [0, 0.05) is 36.4 Å². The van der Waals surface area contributed by atoms with Gasteiger partial charge in [0.25, 0.3) is 5.91 Å². The van der Waals surface area contributed by atoms with Crippen molar-refractivity contribution in [1.82, 2.24) is 20.3 Å². The SMILES string of the molecule is Cc1ccc(C(=O)NCc2cc3nc(-c4cccc(N5CC[C@](O)(C(F)(F)F)C5)n4)ccc3cn2)cc1S(C)(=O)=O. The Kier molecular flexibility index (Phi) is 7.20. The Balaban J connectivity index is 1.33. The minimum Gasteiger partial charge on any atom is -0.379 e. The number of aromatic nitrogens is 3. The van der Waals surface area contributed by atoms with E-state index in [9.17, 15) is 31.5 Å². The lowest BCUT2D eigenvalue weighted by atomic mass is 10.0. The van der Waals surface area contributed by atoms with E-state index < -0.39 is 40.5 Å². The van der Waals surface area contributed by atoms with Gasteiger partial charge in [-0.2, -0.15) is 13.2 Å². The molecule has 4 heterocycles. The normalized spacial score (nSPS) is 17.7. The monoisotopic (exact) mass is 585 g/mol. The van der Waals surface area contributed by atoms with E-state index in [1.54, 1.807) is 61.7 Å². The third kappa shape index (κ3) is 5.86. The third-order valence-corrected chi connectivity index (χ3v) is 8.25. The molecule has 3 aromatic heterocycles. The van der Waals surface area contributed by atoms with Crippen LogP contribution in [0.5, 0.6) is 0 Å². The fraction of sp³-hybridized carbons (Fsp3) is 0.286. The van der Waals surface area contributed by atoms with Gasteiger partial charge in [-0.15, -0.1) is 0 Å². The highest BCUT2D eigenvalue weighted by molar-refractivity contribution is 7.90. The summed E-state index contributed by atoms with van der Waals surface area (Å²) in [4.78, 5) is 27.7. The number of hydrogen-bond acceptors (Lipinski definition) is 8. The molecule has 41 heavy (non-hydrogen) atoms. The van der Waals surface area contributed by atoms with Gasteiger partial charge < -0.3 is 15.3 Å². The summed E-state index contributed by atoms with van der Waals surface area (Å²) in [5.74, 6) is -0.156. The summed E-state index contributed by atoms with van der Waals surface area (Å²) in [6.07, 6.45) is -2.48. The number of nitrogens with zero attached hydrogens (tertiary/aromatic N) is 4. The molecule has 9 nitrogen and oxygen atoms in total. The van der Waals surface area contributed by atoms with Crippen LogP contribution in [0.4, 0.5) is 19.0 Å². The highest BCUT2D eigenvalue weighted by Gasteiger charge is 2.57. The molecule has 0 aliphatic carbocycles. The van der Waals surface area contributed by atoms with Crippen molar-refractivity contribution < 1.29 is 31.5 Å². The van der Waals surface area contributed by atoms with Gasteiger partial charge in [-0.3, -0.25) is 9.78 Å². The van der Waals surface area contributed by atoms with E-state index in [1.807, 2.05) is 0 Å². The Labute approximate surface area is 234 Å². The number of benzene rings is 1. The zero-order valence-electron chi connectivity index (χ0n) is 22.1. The number of β-amino-alcohol motifs (C(OH)–C–C–N with tert-alkyl or cyclic N) is 1. The number of alkyl halides is 3. The minimum absolute atomic E-state index is 0.0104. The fourth-order valence-electron chi connectivity index (χ4n) is 4.67. The molecule has 0 radical (unpaired) electrons. The van der Waals surface area contributed by atoms with E-state index in [-0.39, 0.29) is 23.5 Å². The zero-order valence-corrected chi connectivity index (χ0v) is 22.9. The highest BCUT2D eigenvalue weighted by atomic mass is 32.2. The van der Waals surface area contributed by atoms with Crippen molar-refractivity contribution in [3.63, 3.8) is 0 Å². The smallest absolute Gasteiger partial charge is 0.379 e. The first-order valence-corrected chi connectivity index (χ1v) is 14.5. The topological polar surface area (TPSA) is 125 Å². The lowest BCUT2D eigenvalue weighted by Crippen LogP contribution is -2.47. The van der Waals surface area contributed by atoms with Crippen LogP contribution in [0.1, 0.15) is 28.0 Å². The molecular formula is C28H26F3N5O4S. The minimum atomic E-state index is -4.73. The maximum absolute atomic E-state index is 13.3. The molecule has 2 N–H and O–H groups in total. The molecule has 5 rings (SSSR count). The van der Waals surface area contributed by atoms with Crippen LogP contribution in [0.3, 0.4) is 0 Å². The molecule has 4 aromatic rings. The van der Waals surface area contributed by atoms with Gasteiger partial charge in [-0.1, -0.05) is 12.1 Å². The number of sulfone groups is 1. The highest BCUT2D eigenvalue weighted by Crippen LogP contribution is 2.39. The maximum Gasteiger partial charge on any atom is 0.418 e. The Morgan fingerprint density at radius 1 is 1.10 bits per heavy atom. The fourth-order valence-corrected chi connectivity index (χ4v) is 5.67. The molecule has 0 bridgehead atoms. The average Bonchev–Trinajstić information content (AvgIpc) is 3.34. The van der Waals surface area contributed by atoms with Crippen molar-refractivity contribution in [3.05, 3.63) is 77.6 Å². The molecule has 13 heteroatoms. The Morgan fingerprint density at radius 2 is 1.85 bits per heavy atom. The Bertz CT molecular complexity index is 1760. The third-order valence-electron chi connectivity index (χ3n) is 7.01. The van der Waals surface area contributed by atoms with Gasteiger partial charge in [-0.05, 0) is 55.0 Å². The van der Waals surface area contributed by atoms with E-state index in [4.69, 9.17) is 0 Å². The predicted octanol–water partition coefficient (Wildman–Crippen LogP) is 3.84. The van der Waals surface area contributed by atoms with Gasteiger partial charge >= 0.3 is 6.18 Å². The molecule has 214 valence electrons. The second-order valence-corrected chi connectivity index (χ2v) is 12.1. The summed E-state index contributed by atoms with van der Waals surface area (Å²) < 4.78 is 63.8. The maximum atomic E-state index is 13.3. The van der Waals surface area contributed by atoms with Gasteiger partial charge in [0.15, 0.2) is 15.4 Å². The molecule has 1 amide bonds. The van der Waals surface area contributed by atoms with Crippen molar-refractivity contribution in [2.24, 2.45) is 0 Å². The lowest BCUT2D eigenvalue weighted by molar-refractivity contribution is -0.250. The van der Waals surface area contributed by atoms with Crippen LogP contribution in [-0.2, 0) is 16.4 Å². The van der Waals surface area contributed by atoms with E-state index in [0.717, 1.165) is 11.6 Å². The van der Waals surface area contributed by atoms with Crippen LogP contribution in [0, 0.1) is 6.92 Å². The Morgan fingerprint density at radius 3 is 2.56 bits per heavy atom. The van der Waals surface area contributed by atoms with Crippen molar-refractivity contribution in [1.29, 1.82) is 0 Å². The summed E-state index contributed by atoms with van der Waals surface area (Å²) in [5.41, 5.74) is -0.0220. The second-order valence-electron chi connectivity index (χ2n) is 10.1. The number of nitrogens with one attached hydrogen (secondary N) is 1. The number of hydrogen-bond donors (Lipinski definition) is 2. The van der Waals surface area contributed by atoms with Gasteiger partial charge in [-0.25, -0.2) is 18.4 Å². The first kappa shape index (κ1) is 28.4. The van der Waals surface area contributed by atoms with Crippen molar-refractivity contribution in [2.75, 3.05) is 24.2 Å². The number of aliphatic hydroxyl groups is 1. The van der Waals surface area contributed by atoms with Crippen LogP contribution in [0.15, 0.2) is 65.7 Å². The first-order valence-electron chi connectivity index (χ1n) is 12.6. The largest absolute Gasteiger partial charge is 0.418 e. The van der Waals surface area contributed by atoms with Gasteiger partial charge in [0.1, 0.15) is 5.82 Å². The van der Waals surface area contributed by atoms with Crippen LogP contribution < -0.4 is 10.2 Å². The van der Waals surface area contributed by atoms with E-state index >= 15 is 0 Å². The number of aryl methyl sites for hydroxylation is 1. The van der Waals surface area contributed by atoms with Crippen LogP contribution in [0.2, 0.25) is 0 Å². The zero-order chi connectivity index (χ0) is 29.6. The molecule has 1 fully saturated rings. The summed E-state index contributed by atoms with van der Waals surface area (Å²) in [6.45, 7) is 1.13. The molecular weight excluding hydrogens is 559 g/mol. The van der Waals surface area contributed by atoms with Crippen LogP contribution in [0.25, 0.3) is 22.3 Å².